The van der Waals surface area contributed by atoms with Crippen molar-refractivity contribution in [2.45, 2.75) is 19.8 Å². The maximum absolute atomic E-state index is 11.6. The molecular weight excluding hydrogens is 308 g/mol. The zero-order chi connectivity index (χ0) is 17.5. The predicted molar refractivity (Wildman–Crippen MR) is 91.2 cm³/mol. The van der Waals surface area contributed by atoms with Crippen LogP contribution in [0.1, 0.15) is 30.1 Å². The van der Waals surface area contributed by atoms with Crippen molar-refractivity contribution in [2.24, 2.45) is 0 Å². The smallest absolute Gasteiger partial charge is 0.337 e. The molecule has 0 unspecified atom stereocenters. The van der Waals surface area contributed by atoms with Crippen LogP contribution in [0.25, 0.3) is 0 Å². The van der Waals surface area contributed by atoms with E-state index in [1.54, 1.807) is 19.1 Å². The zero-order valence-electron chi connectivity index (χ0n) is 13.8. The van der Waals surface area contributed by atoms with Crippen molar-refractivity contribution < 1.29 is 14.7 Å². The van der Waals surface area contributed by atoms with E-state index in [0.29, 0.717) is 37.3 Å². The first-order valence-corrected chi connectivity index (χ1v) is 8.06. The first-order chi connectivity index (χ1) is 11.5. The third kappa shape index (κ3) is 4.46. The lowest BCUT2D eigenvalue weighted by Crippen LogP contribution is -2.47. The van der Waals surface area contributed by atoms with Gasteiger partial charge in [-0.25, -0.2) is 4.79 Å². The van der Waals surface area contributed by atoms with Gasteiger partial charge >= 0.3 is 5.97 Å². The summed E-state index contributed by atoms with van der Waals surface area (Å²) in [6.45, 7) is 5.52. The van der Waals surface area contributed by atoms with Crippen molar-refractivity contribution in [3.05, 3.63) is 23.8 Å². The van der Waals surface area contributed by atoms with Crippen molar-refractivity contribution in [1.29, 1.82) is 5.26 Å². The Labute approximate surface area is 141 Å². The Hall–Kier alpha value is -2.59. The molecule has 1 aromatic rings. The number of amides is 1. The second kappa shape index (κ2) is 8.31. The van der Waals surface area contributed by atoms with Crippen LogP contribution in [-0.2, 0) is 4.79 Å². The standard InChI is InChI=1S/C17H22N4O3/c1-2-16(22)19-13-4-5-15(14(12-13)17(23)24)21-10-8-20(9-11-21)7-3-6-18/h4-5,12H,2-3,7-11H2,1H3,(H,19,22)(H,23,24). The molecule has 0 saturated carbocycles. The highest BCUT2D eigenvalue weighted by atomic mass is 16.4. The van der Waals surface area contributed by atoms with Gasteiger partial charge in [-0.3, -0.25) is 9.69 Å². The van der Waals surface area contributed by atoms with E-state index in [-0.39, 0.29) is 11.5 Å². The van der Waals surface area contributed by atoms with Crippen LogP contribution in [0, 0.1) is 11.3 Å². The fourth-order valence-corrected chi connectivity index (χ4v) is 2.73. The number of carbonyl (C=O) groups excluding carboxylic acids is 1. The number of nitriles is 1. The van der Waals surface area contributed by atoms with Crippen LogP contribution in [0.3, 0.4) is 0 Å². The summed E-state index contributed by atoms with van der Waals surface area (Å²) in [4.78, 5) is 27.3. The van der Waals surface area contributed by atoms with Crippen LogP contribution in [-0.4, -0.2) is 54.6 Å². The van der Waals surface area contributed by atoms with Crippen molar-refractivity contribution >= 4 is 23.3 Å². The number of benzene rings is 1. The number of piperazine rings is 1. The number of anilines is 2. The fraction of sp³-hybridized carbons (Fsp3) is 0.471. The van der Waals surface area contributed by atoms with Gasteiger partial charge in [0.25, 0.3) is 0 Å². The van der Waals surface area contributed by atoms with E-state index >= 15 is 0 Å². The number of hydrogen-bond acceptors (Lipinski definition) is 5. The average molecular weight is 330 g/mol. The molecule has 0 bridgehead atoms. The molecule has 0 atom stereocenters. The molecular formula is C17H22N4O3. The molecule has 0 aromatic heterocycles. The second-order valence-corrected chi connectivity index (χ2v) is 5.68. The molecule has 7 nitrogen and oxygen atoms in total. The summed E-state index contributed by atoms with van der Waals surface area (Å²) in [5.74, 6) is -1.16. The number of aromatic carboxylic acids is 1. The molecule has 1 heterocycles. The summed E-state index contributed by atoms with van der Waals surface area (Å²) in [7, 11) is 0. The highest BCUT2D eigenvalue weighted by molar-refractivity contribution is 5.98. The highest BCUT2D eigenvalue weighted by Gasteiger charge is 2.21. The minimum atomic E-state index is -1.01. The summed E-state index contributed by atoms with van der Waals surface area (Å²) in [5.41, 5.74) is 1.35. The number of nitrogens with zero attached hydrogens (tertiary/aromatic N) is 3. The summed E-state index contributed by atoms with van der Waals surface area (Å²) >= 11 is 0. The molecule has 1 fully saturated rings. The molecule has 2 rings (SSSR count). The second-order valence-electron chi connectivity index (χ2n) is 5.68. The van der Waals surface area contributed by atoms with E-state index in [1.807, 2.05) is 4.90 Å². The number of carbonyl (C=O) groups is 2. The Balaban J connectivity index is 2.11. The van der Waals surface area contributed by atoms with E-state index in [0.717, 1.165) is 19.6 Å². The van der Waals surface area contributed by atoms with E-state index in [1.165, 1.54) is 6.07 Å². The van der Waals surface area contributed by atoms with Crippen LogP contribution < -0.4 is 10.2 Å². The first kappa shape index (κ1) is 17.8. The largest absolute Gasteiger partial charge is 0.478 e. The topological polar surface area (TPSA) is 96.7 Å². The van der Waals surface area contributed by atoms with Gasteiger partial charge < -0.3 is 15.3 Å². The third-order valence-electron chi connectivity index (χ3n) is 4.08. The lowest BCUT2D eigenvalue weighted by molar-refractivity contribution is -0.115. The van der Waals surface area contributed by atoms with E-state index in [9.17, 15) is 14.7 Å². The van der Waals surface area contributed by atoms with E-state index in [4.69, 9.17) is 5.26 Å². The molecule has 1 amide bonds. The van der Waals surface area contributed by atoms with Crippen LogP contribution >= 0.6 is 0 Å². The number of nitrogens with one attached hydrogen (secondary N) is 1. The number of hydrogen-bond donors (Lipinski definition) is 2. The van der Waals surface area contributed by atoms with Gasteiger partial charge in [-0.05, 0) is 18.2 Å². The molecule has 0 spiro atoms. The average Bonchev–Trinajstić information content (AvgIpc) is 2.60. The summed E-state index contributed by atoms with van der Waals surface area (Å²) in [6, 6.07) is 7.13. The SMILES string of the molecule is CCC(=O)Nc1ccc(N2CCN(CCC#N)CC2)c(C(=O)O)c1. The fourth-order valence-electron chi connectivity index (χ4n) is 2.73. The Morgan fingerprint density at radius 1 is 1.29 bits per heavy atom. The minimum absolute atomic E-state index is 0.148. The van der Waals surface area contributed by atoms with Gasteiger partial charge in [-0.1, -0.05) is 6.92 Å². The normalized spacial score (nSPS) is 14.9. The van der Waals surface area contributed by atoms with E-state index in [2.05, 4.69) is 16.3 Å². The zero-order valence-corrected chi connectivity index (χ0v) is 13.8. The maximum Gasteiger partial charge on any atom is 0.337 e. The molecule has 128 valence electrons. The summed E-state index contributed by atoms with van der Waals surface area (Å²) in [5, 5.41) is 20.8. The summed E-state index contributed by atoms with van der Waals surface area (Å²) in [6.07, 6.45) is 0.848. The lowest BCUT2D eigenvalue weighted by Gasteiger charge is -2.36. The van der Waals surface area contributed by atoms with Crippen molar-refractivity contribution in [3.8, 4) is 6.07 Å². The van der Waals surface area contributed by atoms with Gasteiger partial charge in [0, 0.05) is 51.3 Å². The molecule has 1 aliphatic heterocycles. The van der Waals surface area contributed by atoms with Gasteiger partial charge in [-0.2, -0.15) is 5.26 Å². The molecule has 2 N–H and O–H groups in total. The molecule has 1 aliphatic rings. The third-order valence-corrected chi connectivity index (χ3v) is 4.08. The Kier molecular flexibility index (Phi) is 6.15. The van der Waals surface area contributed by atoms with Crippen molar-refractivity contribution in [3.63, 3.8) is 0 Å². The Morgan fingerprint density at radius 2 is 2.00 bits per heavy atom. The van der Waals surface area contributed by atoms with Crippen LogP contribution in [0.15, 0.2) is 18.2 Å². The van der Waals surface area contributed by atoms with Gasteiger partial charge in [0.2, 0.25) is 5.91 Å². The Bertz CT molecular complexity index is 646. The maximum atomic E-state index is 11.6. The molecule has 24 heavy (non-hydrogen) atoms. The van der Waals surface area contributed by atoms with Crippen LogP contribution in [0.5, 0.6) is 0 Å². The number of carboxylic acids is 1. The van der Waals surface area contributed by atoms with Crippen molar-refractivity contribution in [1.82, 2.24) is 4.90 Å². The number of rotatable bonds is 6. The first-order valence-electron chi connectivity index (χ1n) is 8.06. The van der Waals surface area contributed by atoms with E-state index < -0.39 is 5.97 Å². The molecule has 0 aliphatic carbocycles. The molecule has 7 heteroatoms. The Morgan fingerprint density at radius 3 is 2.58 bits per heavy atom. The van der Waals surface area contributed by atoms with Crippen LogP contribution in [0.2, 0.25) is 0 Å². The lowest BCUT2D eigenvalue weighted by atomic mass is 10.1. The minimum Gasteiger partial charge on any atom is -0.478 e. The highest BCUT2D eigenvalue weighted by Crippen LogP contribution is 2.26. The van der Waals surface area contributed by atoms with Crippen LogP contribution in [0.4, 0.5) is 11.4 Å². The van der Waals surface area contributed by atoms with Gasteiger partial charge in [-0.15, -0.1) is 0 Å². The van der Waals surface area contributed by atoms with Crippen molar-refractivity contribution in [2.75, 3.05) is 42.9 Å². The predicted octanol–water partition coefficient (Wildman–Crippen LogP) is 1.77. The monoisotopic (exact) mass is 330 g/mol. The van der Waals surface area contributed by atoms with Gasteiger partial charge in [0.05, 0.1) is 17.3 Å². The molecule has 1 saturated heterocycles. The summed E-state index contributed by atoms with van der Waals surface area (Å²) < 4.78 is 0. The molecule has 1 aromatic carbocycles. The molecule has 0 radical (unpaired) electrons. The van der Waals surface area contributed by atoms with Gasteiger partial charge in [0.15, 0.2) is 0 Å². The quantitative estimate of drug-likeness (QED) is 0.825. The van der Waals surface area contributed by atoms with Gasteiger partial charge in [0.1, 0.15) is 0 Å². The number of carboxylic acid groups (broad SMARTS) is 1.